The lowest BCUT2D eigenvalue weighted by molar-refractivity contribution is -0.116. The minimum Gasteiger partial charge on any atom is -0.326 e. The molecule has 0 fully saturated rings. The van der Waals surface area contributed by atoms with E-state index in [9.17, 15) is 4.79 Å². The number of anilines is 1. The zero-order valence-corrected chi connectivity index (χ0v) is 9.26. The summed E-state index contributed by atoms with van der Waals surface area (Å²) in [6.07, 6.45) is 4.04. The second-order valence-corrected chi connectivity index (χ2v) is 4.17. The molecule has 3 rings (SSSR count). The van der Waals surface area contributed by atoms with Gasteiger partial charge in [-0.25, -0.2) is 0 Å². The predicted molar refractivity (Wildman–Crippen MR) is 65.8 cm³/mol. The van der Waals surface area contributed by atoms with Crippen molar-refractivity contribution in [2.24, 2.45) is 0 Å². The average molecular weight is 224 g/mol. The predicted octanol–water partition coefficient (Wildman–Crippen LogP) is 2.56. The summed E-state index contributed by atoms with van der Waals surface area (Å²) < 4.78 is 0. The quantitative estimate of drug-likeness (QED) is 0.808. The van der Waals surface area contributed by atoms with Crippen LogP contribution in [0.4, 0.5) is 5.69 Å². The van der Waals surface area contributed by atoms with Crippen LogP contribution in [0.5, 0.6) is 0 Å². The van der Waals surface area contributed by atoms with Crippen LogP contribution in [0.15, 0.2) is 48.8 Å². The van der Waals surface area contributed by atoms with Crippen molar-refractivity contribution < 1.29 is 4.79 Å². The zero-order valence-electron chi connectivity index (χ0n) is 9.26. The number of benzene rings is 1. The minimum atomic E-state index is 0.0745. The summed E-state index contributed by atoms with van der Waals surface area (Å²) in [6.45, 7) is 0. The van der Waals surface area contributed by atoms with Gasteiger partial charge >= 0.3 is 0 Å². The van der Waals surface area contributed by atoms with Crippen molar-refractivity contribution in [3.63, 3.8) is 0 Å². The largest absolute Gasteiger partial charge is 0.326 e. The number of nitrogens with one attached hydrogen (secondary N) is 1. The third-order valence-corrected chi connectivity index (χ3v) is 3.11. The van der Waals surface area contributed by atoms with Crippen molar-refractivity contribution in [2.75, 3.05) is 5.32 Å². The van der Waals surface area contributed by atoms with Crippen molar-refractivity contribution in [3.05, 3.63) is 59.9 Å². The van der Waals surface area contributed by atoms with Crippen LogP contribution in [0.3, 0.4) is 0 Å². The number of para-hydroxylation sites is 1. The molecule has 0 saturated carbocycles. The number of rotatable bonds is 1. The number of carbonyl (C=O) groups is 1. The third-order valence-electron chi connectivity index (χ3n) is 3.11. The van der Waals surface area contributed by atoms with Gasteiger partial charge < -0.3 is 5.32 Å². The Kier molecular flexibility index (Phi) is 2.37. The van der Waals surface area contributed by atoms with Gasteiger partial charge in [-0.15, -0.1) is 0 Å². The summed E-state index contributed by atoms with van der Waals surface area (Å²) in [5.74, 6) is 0.216. The van der Waals surface area contributed by atoms with Gasteiger partial charge in [-0.3, -0.25) is 9.78 Å². The van der Waals surface area contributed by atoms with Gasteiger partial charge in [0.2, 0.25) is 5.91 Å². The van der Waals surface area contributed by atoms with E-state index in [2.05, 4.69) is 16.4 Å². The van der Waals surface area contributed by atoms with Gasteiger partial charge in [-0.2, -0.15) is 0 Å². The lowest BCUT2D eigenvalue weighted by Crippen LogP contribution is -2.23. The Labute approximate surface area is 99.5 Å². The summed E-state index contributed by atoms with van der Waals surface area (Å²) >= 11 is 0. The molecule has 1 aliphatic heterocycles. The van der Waals surface area contributed by atoms with Crippen LogP contribution in [-0.2, 0) is 4.79 Å². The van der Waals surface area contributed by atoms with E-state index in [4.69, 9.17) is 0 Å². The van der Waals surface area contributed by atoms with Crippen LogP contribution < -0.4 is 5.32 Å². The van der Waals surface area contributed by atoms with Gasteiger partial charge in [0.1, 0.15) is 0 Å². The number of aromatic nitrogens is 1. The molecule has 1 aliphatic rings. The van der Waals surface area contributed by atoms with Crippen LogP contribution >= 0.6 is 0 Å². The lowest BCUT2D eigenvalue weighted by Gasteiger charge is -2.25. The normalized spacial score (nSPS) is 18.4. The van der Waals surface area contributed by atoms with Gasteiger partial charge in [0.25, 0.3) is 0 Å². The molecule has 1 aromatic heterocycles. The molecule has 1 atom stereocenters. The van der Waals surface area contributed by atoms with Crippen molar-refractivity contribution >= 4 is 11.6 Å². The van der Waals surface area contributed by atoms with E-state index >= 15 is 0 Å². The number of fused-ring (bicyclic) bond motifs is 1. The number of hydrogen-bond donors (Lipinski definition) is 1. The van der Waals surface area contributed by atoms with Crippen molar-refractivity contribution in [1.82, 2.24) is 4.98 Å². The van der Waals surface area contributed by atoms with E-state index in [0.717, 1.165) is 11.3 Å². The Bertz CT molecular complexity index is 551. The summed E-state index contributed by atoms with van der Waals surface area (Å²) in [7, 11) is 0. The first-order chi connectivity index (χ1) is 8.34. The molecule has 0 bridgehead atoms. The topological polar surface area (TPSA) is 42.0 Å². The Morgan fingerprint density at radius 1 is 1.12 bits per heavy atom. The van der Waals surface area contributed by atoms with E-state index in [1.165, 1.54) is 5.56 Å². The maximum atomic E-state index is 11.7. The monoisotopic (exact) mass is 224 g/mol. The first-order valence-corrected chi connectivity index (χ1v) is 5.63. The molecule has 84 valence electrons. The molecule has 3 heteroatoms. The molecule has 1 aromatic carbocycles. The van der Waals surface area contributed by atoms with Gasteiger partial charge in [-0.05, 0) is 29.3 Å². The van der Waals surface area contributed by atoms with Gasteiger partial charge in [0, 0.05) is 30.4 Å². The fourth-order valence-corrected chi connectivity index (χ4v) is 2.30. The summed E-state index contributed by atoms with van der Waals surface area (Å²) in [6, 6.07) is 11.9. The molecular weight excluding hydrogens is 212 g/mol. The molecular formula is C14H12N2O. The molecule has 1 amide bonds. The summed E-state index contributed by atoms with van der Waals surface area (Å²) in [5.41, 5.74) is 3.24. The van der Waals surface area contributed by atoms with E-state index in [0.29, 0.717) is 6.42 Å². The number of hydrogen-bond acceptors (Lipinski definition) is 2. The van der Waals surface area contributed by atoms with Gasteiger partial charge in [-0.1, -0.05) is 18.2 Å². The minimum absolute atomic E-state index is 0.0745. The van der Waals surface area contributed by atoms with Gasteiger partial charge in [0.15, 0.2) is 0 Å². The molecule has 1 unspecified atom stereocenters. The molecule has 2 heterocycles. The molecule has 0 spiro atoms. The zero-order chi connectivity index (χ0) is 11.7. The maximum Gasteiger partial charge on any atom is 0.225 e. The number of carbonyl (C=O) groups excluding carboxylic acids is 1. The van der Waals surface area contributed by atoms with Crippen molar-refractivity contribution in [3.8, 4) is 0 Å². The van der Waals surface area contributed by atoms with Crippen LogP contribution in [0.25, 0.3) is 0 Å². The molecule has 17 heavy (non-hydrogen) atoms. The van der Waals surface area contributed by atoms with Crippen LogP contribution in [0.2, 0.25) is 0 Å². The molecule has 0 saturated heterocycles. The highest BCUT2D eigenvalue weighted by atomic mass is 16.1. The smallest absolute Gasteiger partial charge is 0.225 e. The number of amides is 1. The SMILES string of the molecule is O=C1CC(c2ccncc2)c2ccccc2N1. The summed E-state index contributed by atoms with van der Waals surface area (Å²) in [4.78, 5) is 15.7. The lowest BCUT2D eigenvalue weighted by atomic mass is 9.85. The Balaban J connectivity index is 2.10. The second-order valence-electron chi connectivity index (χ2n) is 4.17. The van der Waals surface area contributed by atoms with E-state index in [1.54, 1.807) is 12.4 Å². The van der Waals surface area contributed by atoms with E-state index in [1.807, 2.05) is 30.3 Å². The van der Waals surface area contributed by atoms with Gasteiger partial charge in [0.05, 0.1) is 0 Å². The van der Waals surface area contributed by atoms with E-state index in [-0.39, 0.29) is 11.8 Å². The molecule has 0 radical (unpaired) electrons. The molecule has 1 N–H and O–H groups in total. The van der Waals surface area contributed by atoms with Crippen molar-refractivity contribution in [2.45, 2.75) is 12.3 Å². The highest BCUT2D eigenvalue weighted by molar-refractivity contribution is 5.95. The van der Waals surface area contributed by atoms with Crippen molar-refractivity contribution in [1.29, 1.82) is 0 Å². The van der Waals surface area contributed by atoms with Crippen LogP contribution in [-0.4, -0.2) is 10.9 Å². The highest BCUT2D eigenvalue weighted by Gasteiger charge is 2.25. The first-order valence-electron chi connectivity index (χ1n) is 5.63. The standard InChI is InChI=1S/C14H12N2O/c17-14-9-12(10-5-7-15-8-6-10)11-3-1-2-4-13(11)16-14/h1-8,12H,9H2,(H,16,17). The fourth-order valence-electron chi connectivity index (χ4n) is 2.30. The first kappa shape index (κ1) is 10.0. The Morgan fingerprint density at radius 3 is 2.71 bits per heavy atom. The molecule has 3 nitrogen and oxygen atoms in total. The maximum absolute atomic E-state index is 11.7. The average Bonchev–Trinajstić information content (AvgIpc) is 2.39. The second kappa shape index (κ2) is 4.01. The highest BCUT2D eigenvalue weighted by Crippen LogP contribution is 2.36. The Morgan fingerprint density at radius 2 is 1.88 bits per heavy atom. The number of nitrogens with zero attached hydrogens (tertiary/aromatic N) is 1. The third kappa shape index (κ3) is 1.80. The fraction of sp³-hybridized carbons (Fsp3) is 0.143. The van der Waals surface area contributed by atoms with E-state index < -0.39 is 0 Å². The molecule has 0 aliphatic carbocycles. The Hall–Kier alpha value is -2.16. The van der Waals surface area contributed by atoms with Crippen LogP contribution in [0.1, 0.15) is 23.5 Å². The molecule has 2 aromatic rings. The van der Waals surface area contributed by atoms with Crippen LogP contribution in [0, 0.1) is 0 Å². The summed E-state index contributed by atoms with van der Waals surface area (Å²) in [5, 5.41) is 2.91. The number of pyridine rings is 1.